The van der Waals surface area contributed by atoms with Gasteiger partial charge in [-0.1, -0.05) is 6.92 Å². The summed E-state index contributed by atoms with van der Waals surface area (Å²) in [6.07, 6.45) is -3.11. The maximum absolute atomic E-state index is 12.6. The second-order valence-corrected chi connectivity index (χ2v) is 6.65. The maximum atomic E-state index is 12.6. The highest BCUT2D eigenvalue weighted by Gasteiger charge is 2.30. The van der Waals surface area contributed by atoms with Crippen LogP contribution < -0.4 is 16.0 Å². The number of hydrogen-bond acceptors (Lipinski definition) is 3. The molecule has 168 valence electrons. The third-order valence-corrected chi connectivity index (χ3v) is 4.59. The Balaban J connectivity index is 0.00000450. The average Bonchev–Trinajstić information content (AvgIpc) is 3.17. The van der Waals surface area contributed by atoms with Gasteiger partial charge in [0.1, 0.15) is 0 Å². The molecule has 1 aliphatic heterocycles. The number of likely N-dealkylation sites (tertiary alicyclic amines) is 1. The summed E-state index contributed by atoms with van der Waals surface area (Å²) in [5.74, 6) is 0.237. The van der Waals surface area contributed by atoms with Crippen LogP contribution in [0, 0.1) is 0 Å². The number of carbonyl (C=O) groups is 2. The van der Waals surface area contributed by atoms with Gasteiger partial charge in [0.2, 0.25) is 5.91 Å². The van der Waals surface area contributed by atoms with Gasteiger partial charge >= 0.3 is 6.18 Å². The summed E-state index contributed by atoms with van der Waals surface area (Å²) >= 11 is 0. The van der Waals surface area contributed by atoms with E-state index in [9.17, 15) is 22.8 Å². The van der Waals surface area contributed by atoms with Gasteiger partial charge in [0.15, 0.2) is 5.96 Å². The fourth-order valence-electron chi connectivity index (χ4n) is 2.99. The topological polar surface area (TPSA) is 85.8 Å². The molecule has 3 N–H and O–H groups in total. The monoisotopic (exact) mass is 541 g/mol. The van der Waals surface area contributed by atoms with Crippen LogP contribution in [-0.4, -0.2) is 61.9 Å². The first kappa shape index (κ1) is 26.0. The van der Waals surface area contributed by atoms with Crippen LogP contribution in [-0.2, 0) is 11.0 Å². The molecular weight excluding hydrogens is 514 g/mol. The molecule has 1 fully saturated rings. The Morgan fingerprint density at radius 3 is 2.37 bits per heavy atom. The summed E-state index contributed by atoms with van der Waals surface area (Å²) in [4.78, 5) is 29.7. The number of alkyl halides is 3. The molecule has 11 heteroatoms. The van der Waals surface area contributed by atoms with Crippen LogP contribution in [0.3, 0.4) is 0 Å². The molecule has 1 heterocycles. The summed E-state index contributed by atoms with van der Waals surface area (Å²) in [7, 11) is 1.63. The SMILES string of the molecule is CCC(=O)N1CCC(NC(=NC)NCCNC(=O)c2ccc(C(F)(F)F)cc2)C1.I. The Hall–Kier alpha value is -2.05. The number of rotatable bonds is 6. The van der Waals surface area contributed by atoms with Gasteiger partial charge in [-0.2, -0.15) is 13.2 Å². The van der Waals surface area contributed by atoms with E-state index in [4.69, 9.17) is 0 Å². The zero-order valence-electron chi connectivity index (χ0n) is 16.9. The molecule has 1 saturated heterocycles. The lowest BCUT2D eigenvalue weighted by Gasteiger charge is -2.18. The predicted octanol–water partition coefficient (Wildman–Crippen LogP) is 2.23. The van der Waals surface area contributed by atoms with Crippen LogP contribution >= 0.6 is 24.0 Å². The Morgan fingerprint density at radius 2 is 1.80 bits per heavy atom. The summed E-state index contributed by atoms with van der Waals surface area (Å²) in [6.45, 7) is 3.83. The number of hydrogen-bond donors (Lipinski definition) is 3. The largest absolute Gasteiger partial charge is 0.416 e. The molecule has 0 spiro atoms. The minimum Gasteiger partial charge on any atom is -0.355 e. The van der Waals surface area contributed by atoms with Crippen molar-refractivity contribution in [1.29, 1.82) is 0 Å². The fourth-order valence-corrected chi connectivity index (χ4v) is 2.99. The second-order valence-electron chi connectivity index (χ2n) is 6.65. The Morgan fingerprint density at radius 1 is 1.17 bits per heavy atom. The van der Waals surface area contributed by atoms with Crippen LogP contribution in [0.1, 0.15) is 35.7 Å². The van der Waals surface area contributed by atoms with Gasteiger partial charge in [0.05, 0.1) is 5.56 Å². The number of halogens is 4. The molecular formula is C19H27F3IN5O2. The number of guanidine groups is 1. The molecule has 1 aromatic carbocycles. The lowest BCUT2D eigenvalue weighted by molar-refractivity contribution is -0.137. The highest BCUT2D eigenvalue weighted by atomic mass is 127. The maximum Gasteiger partial charge on any atom is 0.416 e. The van der Waals surface area contributed by atoms with E-state index in [0.717, 1.165) is 30.7 Å². The standard InChI is InChI=1S/C19H26F3N5O2.HI/c1-3-16(28)27-11-8-15(12-27)26-18(23-2)25-10-9-24-17(29)13-4-6-14(7-5-13)19(20,21)22;/h4-7,15H,3,8-12H2,1-2H3,(H,24,29)(H2,23,25,26);1H. The molecule has 2 rings (SSSR count). The van der Waals surface area contributed by atoms with Gasteiger partial charge in [0, 0.05) is 51.3 Å². The van der Waals surface area contributed by atoms with Crippen molar-refractivity contribution >= 4 is 41.8 Å². The van der Waals surface area contributed by atoms with Gasteiger partial charge in [-0.05, 0) is 30.7 Å². The van der Waals surface area contributed by atoms with E-state index in [1.54, 1.807) is 7.05 Å². The molecule has 1 aromatic rings. The third-order valence-electron chi connectivity index (χ3n) is 4.59. The molecule has 0 saturated carbocycles. The average molecular weight is 541 g/mol. The van der Waals surface area contributed by atoms with Gasteiger partial charge in [-0.3, -0.25) is 14.6 Å². The molecule has 0 radical (unpaired) electrons. The van der Waals surface area contributed by atoms with Gasteiger partial charge in [0.25, 0.3) is 5.91 Å². The number of nitrogens with one attached hydrogen (secondary N) is 3. The van der Waals surface area contributed by atoms with Crippen molar-refractivity contribution in [3.05, 3.63) is 35.4 Å². The summed E-state index contributed by atoms with van der Waals surface area (Å²) in [5.41, 5.74) is -0.635. The van der Waals surface area contributed by atoms with Crippen molar-refractivity contribution in [2.75, 3.05) is 33.2 Å². The normalized spacial score (nSPS) is 16.6. The molecule has 1 atom stereocenters. The fraction of sp³-hybridized carbons (Fsp3) is 0.526. The van der Waals surface area contributed by atoms with E-state index in [0.29, 0.717) is 32.0 Å². The smallest absolute Gasteiger partial charge is 0.355 e. The summed E-state index contributed by atoms with van der Waals surface area (Å²) in [5, 5.41) is 8.94. The van der Waals surface area contributed by atoms with Gasteiger partial charge in [-0.15, -0.1) is 24.0 Å². The summed E-state index contributed by atoms with van der Waals surface area (Å²) in [6, 6.07) is 4.17. The van der Waals surface area contributed by atoms with E-state index in [-0.39, 0.29) is 48.0 Å². The van der Waals surface area contributed by atoms with E-state index in [1.807, 2.05) is 11.8 Å². The van der Waals surface area contributed by atoms with E-state index in [1.165, 1.54) is 0 Å². The molecule has 0 bridgehead atoms. The van der Waals surface area contributed by atoms with Crippen LogP contribution in [0.2, 0.25) is 0 Å². The van der Waals surface area contributed by atoms with E-state index >= 15 is 0 Å². The number of carbonyl (C=O) groups excluding carboxylic acids is 2. The first-order valence-corrected chi connectivity index (χ1v) is 9.45. The number of aliphatic imine (C=N–C) groups is 1. The lowest BCUT2D eigenvalue weighted by Crippen LogP contribution is -2.46. The van der Waals surface area contributed by atoms with Crippen molar-refractivity contribution in [2.45, 2.75) is 32.0 Å². The van der Waals surface area contributed by atoms with E-state index in [2.05, 4.69) is 20.9 Å². The van der Waals surface area contributed by atoms with Crippen LogP contribution in [0.25, 0.3) is 0 Å². The quantitative estimate of drug-likeness (QED) is 0.223. The van der Waals surface area contributed by atoms with Crippen molar-refractivity contribution in [3.8, 4) is 0 Å². The van der Waals surface area contributed by atoms with Crippen molar-refractivity contribution in [2.24, 2.45) is 4.99 Å². The zero-order chi connectivity index (χ0) is 21.4. The van der Waals surface area contributed by atoms with Crippen molar-refractivity contribution < 1.29 is 22.8 Å². The second kappa shape index (κ2) is 12.0. The van der Waals surface area contributed by atoms with E-state index < -0.39 is 17.6 Å². The van der Waals surface area contributed by atoms with Crippen molar-refractivity contribution in [3.63, 3.8) is 0 Å². The minimum atomic E-state index is -4.43. The lowest BCUT2D eigenvalue weighted by atomic mass is 10.1. The molecule has 7 nitrogen and oxygen atoms in total. The van der Waals surface area contributed by atoms with Gasteiger partial charge < -0.3 is 20.9 Å². The highest BCUT2D eigenvalue weighted by Crippen LogP contribution is 2.29. The van der Waals surface area contributed by atoms with Crippen LogP contribution in [0.4, 0.5) is 13.2 Å². The Bertz CT molecular complexity index is 741. The zero-order valence-corrected chi connectivity index (χ0v) is 19.2. The highest BCUT2D eigenvalue weighted by molar-refractivity contribution is 14.0. The van der Waals surface area contributed by atoms with Crippen LogP contribution in [0.15, 0.2) is 29.3 Å². The number of amides is 2. The van der Waals surface area contributed by atoms with Crippen LogP contribution in [0.5, 0.6) is 0 Å². The third kappa shape index (κ3) is 7.65. The first-order chi connectivity index (χ1) is 13.7. The molecule has 2 amide bonds. The predicted molar refractivity (Wildman–Crippen MR) is 119 cm³/mol. The van der Waals surface area contributed by atoms with Crippen molar-refractivity contribution in [1.82, 2.24) is 20.9 Å². The molecule has 0 aromatic heterocycles. The molecule has 1 aliphatic rings. The number of benzene rings is 1. The molecule has 1 unspecified atom stereocenters. The first-order valence-electron chi connectivity index (χ1n) is 9.45. The number of nitrogens with zero attached hydrogens (tertiary/aromatic N) is 2. The Kier molecular flexibility index (Phi) is 10.4. The van der Waals surface area contributed by atoms with Gasteiger partial charge in [-0.25, -0.2) is 0 Å². The summed E-state index contributed by atoms with van der Waals surface area (Å²) < 4.78 is 37.7. The molecule has 0 aliphatic carbocycles. The Labute approximate surface area is 190 Å². The molecule has 30 heavy (non-hydrogen) atoms. The minimum absolute atomic E-state index is 0.